The van der Waals surface area contributed by atoms with E-state index in [0.717, 1.165) is 36.3 Å². The molecule has 2 heterocycles. The summed E-state index contributed by atoms with van der Waals surface area (Å²) in [6, 6.07) is 7.87. The Hall–Kier alpha value is -2.35. The van der Waals surface area contributed by atoms with Gasteiger partial charge in [-0.2, -0.15) is 0 Å². The summed E-state index contributed by atoms with van der Waals surface area (Å²) < 4.78 is 10.8. The molecular weight excluding hydrogens is 404 g/mol. The predicted octanol–water partition coefficient (Wildman–Crippen LogP) is 2.65. The second kappa shape index (κ2) is 11.2. The van der Waals surface area contributed by atoms with Gasteiger partial charge >= 0.3 is 0 Å². The van der Waals surface area contributed by atoms with Crippen LogP contribution in [0.1, 0.15) is 35.7 Å². The Morgan fingerprint density at radius 3 is 2.73 bits per heavy atom. The second-order valence-corrected chi connectivity index (χ2v) is 7.33. The van der Waals surface area contributed by atoms with Crippen molar-refractivity contribution in [3.63, 3.8) is 0 Å². The highest BCUT2D eigenvalue weighted by atomic mass is 35.5. The summed E-state index contributed by atoms with van der Waals surface area (Å²) in [7, 11) is 3.23. The highest BCUT2D eigenvalue weighted by Crippen LogP contribution is 2.32. The average Bonchev–Trinajstić information content (AvgIpc) is 2.74. The molecule has 30 heavy (non-hydrogen) atoms. The molecule has 3 rings (SSSR count). The van der Waals surface area contributed by atoms with Crippen molar-refractivity contribution in [1.82, 2.24) is 20.5 Å². The Labute approximate surface area is 184 Å². The molecular formula is C22H31ClN4O3. The zero-order valence-electron chi connectivity index (χ0n) is 18.0. The van der Waals surface area contributed by atoms with Crippen LogP contribution in [0.2, 0.25) is 0 Å². The van der Waals surface area contributed by atoms with E-state index in [2.05, 4.69) is 26.6 Å². The third-order valence-corrected chi connectivity index (χ3v) is 5.39. The number of benzene rings is 1. The van der Waals surface area contributed by atoms with Crippen LogP contribution in [0.25, 0.3) is 0 Å². The molecule has 0 bridgehead atoms. The summed E-state index contributed by atoms with van der Waals surface area (Å²) in [6.07, 6.45) is 3.64. The predicted molar refractivity (Wildman–Crippen MR) is 120 cm³/mol. The Bertz CT molecular complexity index is 835. The number of hydrogen-bond donors (Lipinski definition) is 2. The van der Waals surface area contributed by atoms with Crippen molar-refractivity contribution in [3.8, 4) is 11.5 Å². The number of nitrogens with one attached hydrogen (secondary N) is 2. The van der Waals surface area contributed by atoms with Gasteiger partial charge in [-0.3, -0.25) is 14.7 Å². The molecule has 0 aliphatic carbocycles. The highest BCUT2D eigenvalue weighted by molar-refractivity contribution is 5.85. The number of ether oxygens (including phenoxy) is 2. The van der Waals surface area contributed by atoms with Crippen molar-refractivity contribution in [2.24, 2.45) is 0 Å². The number of aryl methyl sites for hydroxylation is 1. The minimum atomic E-state index is -0.137. The van der Waals surface area contributed by atoms with Crippen molar-refractivity contribution in [2.75, 3.05) is 40.4 Å². The number of aromatic nitrogens is 1. The number of amides is 1. The third kappa shape index (κ3) is 5.62. The second-order valence-electron chi connectivity index (χ2n) is 7.33. The molecule has 1 aromatic heterocycles. The van der Waals surface area contributed by atoms with E-state index in [4.69, 9.17) is 9.47 Å². The number of rotatable bonds is 7. The SMILES string of the molecule is COc1cc(C)c(C(C)NC(=O)CN2CCNCC2c2cccnc2)cc1OC.Cl. The normalized spacial score (nSPS) is 17.5. The summed E-state index contributed by atoms with van der Waals surface area (Å²) in [4.78, 5) is 19.2. The zero-order valence-corrected chi connectivity index (χ0v) is 18.8. The molecule has 2 aromatic rings. The van der Waals surface area contributed by atoms with E-state index in [1.54, 1.807) is 20.4 Å². The van der Waals surface area contributed by atoms with Gasteiger partial charge in [0.05, 0.1) is 26.8 Å². The molecule has 7 nitrogen and oxygen atoms in total. The summed E-state index contributed by atoms with van der Waals surface area (Å²) in [5.41, 5.74) is 3.18. The van der Waals surface area contributed by atoms with Crippen LogP contribution in [0.5, 0.6) is 11.5 Å². The lowest BCUT2D eigenvalue weighted by Gasteiger charge is -2.36. The van der Waals surface area contributed by atoms with Gasteiger partial charge in [-0.25, -0.2) is 0 Å². The number of halogens is 1. The molecule has 0 saturated carbocycles. The van der Waals surface area contributed by atoms with Gasteiger partial charge in [0, 0.05) is 38.1 Å². The van der Waals surface area contributed by atoms with Crippen molar-refractivity contribution in [2.45, 2.75) is 25.9 Å². The molecule has 2 unspecified atom stereocenters. The summed E-state index contributed by atoms with van der Waals surface area (Å²) in [5.74, 6) is 1.35. The minimum Gasteiger partial charge on any atom is -0.493 e. The van der Waals surface area contributed by atoms with Crippen molar-refractivity contribution >= 4 is 18.3 Å². The van der Waals surface area contributed by atoms with Crippen LogP contribution in [0, 0.1) is 6.92 Å². The van der Waals surface area contributed by atoms with E-state index in [-0.39, 0.29) is 30.4 Å². The van der Waals surface area contributed by atoms with Gasteiger partial charge in [-0.15, -0.1) is 12.4 Å². The maximum absolute atomic E-state index is 12.8. The van der Waals surface area contributed by atoms with Gasteiger partial charge < -0.3 is 20.1 Å². The third-order valence-electron chi connectivity index (χ3n) is 5.39. The average molecular weight is 435 g/mol. The van der Waals surface area contributed by atoms with E-state index in [1.165, 1.54) is 0 Å². The van der Waals surface area contributed by atoms with E-state index in [9.17, 15) is 4.79 Å². The lowest BCUT2D eigenvalue weighted by atomic mass is 10.0. The first kappa shape index (κ1) is 23.9. The number of nitrogens with zero attached hydrogens (tertiary/aromatic N) is 2. The Balaban J connectivity index is 0.00000320. The summed E-state index contributed by atoms with van der Waals surface area (Å²) in [5, 5.41) is 6.54. The van der Waals surface area contributed by atoms with E-state index in [0.29, 0.717) is 18.0 Å². The van der Waals surface area contributed by atoms with Crippen LogP contribution in [0.3, 0.4) is 0 Å². The Kier molecular flexibility index (Phi) is 8.89. The number of pyridine rings is 1. The molecule has 164 valence electrons. The van der Waals surface area contributed by atoms with Crippen LogP contribution in [0.4, 0.5) is 0 Å². The maximum atomic E-state index is 12.8. The van der Waals surface area contributed by atoms with Gasteiger partial charge in [0.25, 0.3) is 0 Å². The van der Waals surface area contributed by atoms with E-state index >= 15 is 0 Å². The molecule has 0 radical (unpaired) electrons. The largest absolute Gasteiger partial charge is 0.493 e. The summed E-state index contributed by atoms with van der Waals surface area (Å²) in [6.45, 7) is 6.84. The lowest BCUT2D eigenvalue weighted by Crippen LogP contribution is -2.49. The zero-order chi connectivity index (χ0) is 20.8. The van der Waals surface area contributed by atoms with Crippen LogP contribution in [-0.4, -0.2) is 56.2 Å². The Morgan fingerprint density at radius 2 is 2.07 bits per heavy atom. The fraction of sp³-hybridized carbons (Fsp3) is 0.455. The van der Waals surface area contributed by atoms with Gasteiger partial charge in [-0.1, -0.05) is 6.07 Å². The first-order valence-electron chi connectivity index (χ1n) is 9.90. The van der Waals surface area contributed by atoms with Crippen LogP contribution in [-0.2, 0) is 4.79 Å². The van der Waals surface area contributed by atoms with Gasteiger partial charge in [0.2, 0.25) is 5.91 Å². The van der Waals surface area contributed by atoms with Gasteiger partial charge in [0.15, 0.2) is 11.5 Å². The van der Waals surface area contributed by atoms with Crippen molar-refractivity contribution in [3.05, 3.63) is 53.3 Å². The highest BCUT2D eigenvalue weighted by Gasteiger charge is 2.26. The first-order valence-corrected chi connectivity index (χ1v) is 9.90. The van der Waals surface area contributed by atoms with Crippen LogP contribution < -0.4 is 20.1 Å². The van der Waals surface area contributed by atoms with Crippen molar-refractivity contribution in [1.29, 1.82) is 0 Å². The molecule has 1 aromatic carbocycles. The standard InChI is InChI=1S/C22H30N4O3.ClH/c1-15-10-20(28-3)21(29-4)11-18(15)16(2)25-22(27)14-26-9-8-24-13-19(26)17-6-5-7-23-12-17;/h5-7,10-12,16,19,24H,8-9,13-14H2,1-4H3,(H,25,27);1H. The van der Waals surface area contributed by atoms with Gasteiger partial charge in [-0.05, 0) is 48.7 Å². The van der Waals surface area contributed by atoms with Crippen LogP contribution >= 0.6 is 12.4 Å². The molecule has 2 atom stereocenters. The molecule has 1 aliphatic heterocycles. The molecule has 8 heteroatoms. The van der Waals surface area contributed by atoms with Gasteiger partial charge in [0.1, 0.15) is 0 Å². The molecule has 1 amide bonds. The fourth-order valence-corrected chi connectivity index (χ4v) is 3.85. The fourth-order valence-electron chi connectivity index (χ4n) is 3.85. The van der Waals surface area contributed by atoms with Crippen molar-refractivity contribution < 1.29 is 14.3 Å². The molecule has 1 saturated heterocycles. The molecule has 1 aliphatic rings. The maximum Gasteiger partial charge on any atom is 0.234 e. The molecule has 2 N–H and O–H groups in total. The topological polar surface area (TPSA) is 75.7 Å². The smallest absolute Gasteiger partial charge is 0.234 e. The minimum absolute atomic E-state index is 0. The summed E-state index contributed by atoms with van der Waals surface area (Å²) >= 11 is 0. The monoisotopic (exact) mass is 434 g/mol. The number of carbonyl (C=O) groups excluding carboxylic acids is 1. The van der Waals surface area contributed by atoms with E-state index in [1.807, 2.05) is 38.2 Å². The number of carbonyl (C=O) groups is 1. The Morgan fingerprint density at radius 1 is 1.33 bits per heavy atom. The van der Waals surface area contributed by atoms with Crippen LogP contribution in [0.15, 0.2) is 36.7 Å². The molecule has 1 fully saturated rings. The number of methoxy groups -OCH3 is 2. The van der Waals surface area contributed by atoms with E-state index < -0.39 is 0 Å². The number of hydrogen-bond acceptors (Lipinski definition) is 6. The first-order chi connectivity index (χ1) is 14.0. The quantitative estimate of drug-likeness (QED) is 0.697. The molecule has 0 spiro atoms. The lowest BCUT2D eigenvalue weighted by molar-refractivity contribution is -0.123. The number of piperazine rings is 1.